The van der Waals surface area contributed by atoms with Crippen molar-refractivity contribution in [2.24, 2.45) is 0 Å². The number of hydrogen-bond acceptors (Lipinski definition) is 6. The second kappa shape index (κ2) is 7.20. The highest BCUT2D eigenvalue weighted by atomic mass is 32.2. The van der Waals surface area contributed by atoms with Gasteiger partial charge in [-0.15, -0.1) is 0 Å². The zero-order valence-corrected chi connectivity index (χ0v) is 15.3. The van der Waals surface area contributed by atoms with Gasteiger partial charge in [0.2, 0.25) is 0 Å². The second-order valence-corrected chi connectivity index (χ2v) is 7.60. The molecule has 4 aromatic rings. The van der Waals surface area contributed by atoms with Gasteiger partial charge >= 0.3 is 5.76 Å². The Hall–Kier alpha value is -3.59. The minimum absolute atomic E-state index is 0.0254. The summed E-state index contributed by atoms with van der Waals surface area (Å²) in [5.74, 6) is -0.145. The summed E-state index contributed by atoms with van der Waals surface area (Å²) in [6.45, 7) is 0.264. The van der Waals surface area contributed by atoms with Crippen molar-refractivity contribution in [1.29, 1.82) is 0 Å². The number of aromatic nitrogens is 2. The molecular formula is C19H15N3O5S. The monoisotopic (exact) mass is 397 g/mol. The van der Waals surface area contributed by atoms with E-state index in [2.05, 4.69) is 14.7 Å². The molecule has 0 spiro atoms. The van der Waals surface area contributed by atoms with Crippen molar-refractivity contribution < 1.29 is 17.6 Å². The number of nitrogens with zero attached hydrogens (tertiary/aromatic N) is 1. The lowest BCUT2D eigenvalue weighted by atomic mass is 10.3. The van der Waals surface area contributed by atoms with Gasteiger partial charge in [0, 0.05) is 18.3 Å². The number of aromatic amines is 1. The summed E-state index contributed by atoms with van der Waals surface area (Å²) < 4.78 is 38.4. The van der Waals surface area contributed by atoms with Crippen molar-refractivity contribution in [3.05, 3.63) is 83.1 Å². The maximum atomic E-state index is 12.7. The summed E-state index contributed by atoms with van der Waals surface area (Å²) in [7, 11) is -3.87. The molecule has 0 saturated carbocycles. The average molecular weight is 397 g/mol. The number of anilines is 1. The lowest BCUT2D eigenvalue weighted by molar-refractivity contribution is 0.301. The average Bonchev–Trinajstić information content (AvgIpc) is 3.06. The third-order valence-electron chi connectivity index (χ3n) is 3.90. The molecule has 0 aliphatic carbocycles. The van der Waals surface area contributed by atoms with E-state index in [1.807, 2.05) is 18.2 Å². The van der Waals surface area contributed by atoms with Crippen molar-refractivity contribution in [2.45, 2.75) is 11.5 Å². The van der Waals surface area contributed by atoms with Crippen LogP contribution in [-0.4, -0.2) is 18.4 Å². The van der Waals surface area contributed by atoms with Crippen LogP contribution in [0.4, 0.5) is 5.69 Å². The number of nitrogens with one attached hydrogen (secondary N) is 2. The molecule has 0 saturated heterocycles. The van der Waals surface area contributed by atoms with Gasteiger partial charge < -0.3 is 9.15 Å². The Morgan fingerprint density at radius 1 is 1.07 bits per heavy atom. The van der Waals surface area contributed by atoms with E-state index in [-0.39, 0.29) is 17.1 Å². The molecule has 8 nitrogen and oxygen atoms in total. The molecule has 0 aliphatic heterocycles. The highest BCUT2D eigenvalue weighted by Crippen LogP contribution is 2.23. The fourth-order valence-electron chi connectivity index (χ4n) is 2.60. The molecule has 2 N–H and O–H groups in total. The molecule has 4 rings (SSSR count). The molecule has 2 heterocycles. The number of H-pyrrole nitrogens is 1. The molecule has 142 valence electrons. The molecule has 0 fully saturated rings. The first-order valence-electron chi connectivity index (χ1n) is 8.28. The Morgan fingerprint density at radius 3 is 2.79 bits per heavy atom. The van der Waals surface area contributed by atoms with E-state index >= 15 is 0 Å². The molecule has 0 atom stereocenters. The van der Waals surface area contributed by atoms with E-state index < -0.39 is 15.8 Å². The fourth-order valence-corrected chi connectivity index (χ4v) is 3.66. The predicted molar refractivity (Wildman–Crippen MR) is 103 cm³/mol. The summed E-state index contributed by atoms with van der Waals surface area (Å²) in [5.41, 5.74) is 1.69. The SMILES string of the molecule is O=c1[nH]c2ccc(S(=O)(=O)Nc3cccc(OCc4ccccn4)c3)cc2o1. The van der Waals surface area contributed by atoms with Gasteiger partial charge in [0.25, 0.3) is 10.0 Å². The number of fused-ring (bicyclic) bond motifs is 1. The Kier molecular flexibility index (Phi) is 4.58. The topological polar surface area (TPSA) is 114 Å². The number of pyridine rings is 1. The van der Waals surface area contributed by atoms with E-state index in [0.29, 0.717) is 17.0 Å². The van der Waals surface area contributed by atoms with Crippen LogP contribution in [0.15, 0.2) is 81.0 Å². The maximum Gasteiger partial charge on any atom is 0.417 e. The lowest BCUT2D eigenvalue weighted by Crippen LogP contribution is -2.12. The Labute approximate surface area is 159 Å². The zero-order chi connectivity index (χ0) is 19.6. The van der Waals surface area contributed by atoms with E-state index in [4.69, 9.17) is 9.15 Å². The molecule has 0 bridgehead atoms. The van der Waals surface area contributed by atoms with Crippen LogP contribution in [0.2, 0.25) is 0 Å². The van der Waals surface area contributed by atoms with E-state index in [9.17, 15) is 13.2 Å². The number of rotatable bonds is 6. The molecule has 2 aromatic carbocycles. The van der Waals surface area contributed by atoms with Gasteiger partial charge in [0.1, 0.15) is 12.4 Å². The number of oxazole rings is 1. The van der Waals surface area contributed by atoms with Crippen molar-refractivity contribution in [2.75, 3.05) is 4.72 Å². The molecule has 0 unspecified atom stereocenters. The standard InChI is InChI=1S/C19H15N3O5S/c23-19-21-17-8-7-16(11-18(17)27-19)28(24,25)22-13-5-3-6-15(10-13)26-12-14-4-1-2-9-20-14/h1-11,22H,12H2,(H,21,23). The molecule has 0 aliphatic rings. The normalized spacial score (nSPS) is 11.4. The number of sulfonamides is 1. The van der Waals surface area contributed by atoms with Crippen LogP contribution in [0.5, 0.6) is 5.75 Å². The Bertz CT molecular complexity index is 1280. The Morgan fingerprint density at radius 2 is 1.96 bits per heavy atom. The van der Waals surface area contributed by atoms with Crippen molar-refractivity contribution >= 4 is 26.8 Å². The minimum atomic E-state index is -3.87. The van der Waals surface area contributed by atoms with Gasteiger partial charge in [0.15, 0.2) is 5.58 Å². The predicted octanol–water partition coefficient (Wildman–Crippen LogP) is 2.90. The van der Waals surface area contributed by atoms with Crippen LogP contribution in [0.3, 0.4) is 0 Å². The largest absolute Gasteiger partial charge is 0.487 e. The highest BCUT2D eigenvalue weighted by molar-refractivity contribution is 7.92. The quantitative estimate of drug-likeness (QED) is 0.517. The van der Waals surface area contributed by atoms with Gasteiger partial charge in [-0.1, -0.05) is 12.1 Å². The third-order valence-corrected chi connectivity index (χ3v) is 5.28. The minimum Gasteiger partial charge on any atom is -0.487 e. The summed E-state index contributed by atoms with van der Waals surface area (Å²) in [6.07, 6.45) is 1.67. The maximum absolute atomic E-state index is 12.7. The van der Waals surface area contributed by atoms with Crippen LogP contribution in [-0.2, 0) is 16.6 Å². The third kappa shape index (κ3) is 3.89. The van der Waals surface area contributed by atoms with Crippen molar-refractivity contribution in [3.8, 4) is 5.75 Å². The second-order valence-electron chi connectivity index (χ2n) is 5.92. The van der Waals surface area contributed by atoms with Crippen LogP contribution in [0.1, 0.15) is 5.69 Å². The van der Waals surface area contributed by atoms with Gasteiger partial charge in [-0.2, -0.15) is 0 Å². The zero-order valence-electron chi connectivity index (χ0n) is 14.5. The van der Waals surface area contributed by atoms with Gasteiger partial charge in [-0.25, -0.2) is 13.2 Å². The summed E-state index contributed by atoms with van der Waals surface area (Å²) in [5, 5.41) is 0. The van der Waals surface area contributed by atoms with Gasteiger partial charge in [-0.05, 0) is 36.4 Å². The number of benzene rings is 2. The molecule has 2 aromatic heterocycles. The smallest absolute Gasteiger partial charge is 0.417 e. The number of ether oxygens (including phenoxy) is 1. The lowest BCUT2D eigenvalue weighted by Gasteiger charge is -2.10. The summed E-state index contributed by atoms with van der Waals surface area (Å²) >= 11 is 0. The fraction of sp³-hybridized carbons (Fsp3) is 0.0526. The number of hydrogen-bond donors (Lipinski definition) is 2. The van der Waals surface area contributed by atoms with Crippen LogP contribution in [0, 0.1) is 0 Å². The molecule has 0 radical (unpaired) electrons. The van der Waals surface area contributed by atoms with E-state index in [1.54, 1.807) is 30.5 Å². The van der Waals surface area contributed by atoms with Crippen molar-refractivity contribution in [1.82, 2.24) is 9.97 Å². The summed E-state index contributed by atoms with van der Waals surface area (Å²) in [4.78, 5) is 17.8. The van der Waals surface area contributed by atoms with E-state index in [1.165, 1.54) is 18.2 Å². The highest BCUT2D eigenvalue weighted by Gasteiger charge is 2.16. The van der Waals surface area contributed by atoms with Crippen LogP contribution < -0.4 is 15.2 Å². The van der Waals surface area contributed by atoms with E-state index in [0.717, 1.165) is 5.69 Å². The molecular weight excluding hydrogens is 382 g/mol. The molecule has 0 amide bonds. The first-order valence-corrected chi connectivity index (χ1v) is 9.76. The van der Waals surface area contributed by atoms with Gasteiger partial charge in [0.05, 0.1) is 21.8 Å². The summed E-state index contributed by atoms with van der Waals surface area (Å²) in [6, 6.07) is 16.3. The van der Waals surface area contributed by atoms with Crippen molar-refractivity contribution in [3.63, 3.8) is 0 Å². The molecule has 28 heavy (non-hydrogen) atoms. The first-order chi connectivity index (χ1) is 13.5. The van der Waals surface area contributed by atoms with Crippen LogP contribution >= 0.6 is 0 Å². The molecule has 9 heteroatoms. The van der Waals surface area contributed by atoms with Crippen LogP contribution in [0.25, 0.3) is 11.1 Å². The first kappa shape index (κ1) is 17.8. The van der Waals surface area contributed by atoms with Gasteiger partial charge in [-0.3, -0.25) is 14.7 Å². The Balaban J connectivity index is 1.53.